The molecule has 24 heavy (non-hydrogen) atoms. The van der Waals surface area contributed by atoms with Crippen LogP contribution in [0, 0.1) is 17.2 Å². The molecule has 2 fully saturated rings. The van der Waals surface area contributed by atoms with Crippen molar-refractivity contribution in [1.29, 1.82) is 0 Å². The summed E-state index contributed by atoms with van der Waals surface area (Å²) in [7, 11) is 0. The molecule has 1 aromatic rings. The molecule has 1 aliphatic heterocycles. The summed E-state index contributed by atoms with van der Waals surface area (Å²) in [5.41, 5.74) is 2.60. The van der Waals surface area contributed by atoms with E-state index in [4.69, 9.17) is 11.6 Å². The lowest BCUT2D eigenvalue weighted by molar-refractivity contribution is 0.0337. The molecule has 4 heteroatoms. The Morgan fingerprint density at radius 2 is 2.08 bits per heavy atom. The molecule has 2 nitrogen and oxygen atoms in total. The molecule has 0 bridgehead atoms. The summed E-state index contributed by atoms with van der Waals surface area (Å²) in [6.45, 7) is 12.0. The highest BCUT2D eigenvalue weighted by Gasteiger charge is 2.50. The smallest absolute Gasteiger partial charge is 0.141 e. The number of benzene rings is 1. The third-order valence-corrected chi connectivity index (χ3v) is 4.70. The van der Waals surface area contributed by atoms with E-state index in [1.807, 2.05) is 26.0 Å². The second kappa shape index (κ2) is 7.98. The van der Waals surface area contributed by atoms with Crippen molar-refractivity contribution in [3.8, 4) is 0 Å². The van der Waals surface area contributed by atoms with Gasteiger partial charge in [0.2, 0.25) is 0 Å². The molecule has 3 rings (SSSR count). The van der Waals surface area contributed by atoms with Crippen LogP contribution >= 0.6 is 11.6 Å². The highest BCUT2D eigenvalue weighted by Crippen LogP contribution is 2.52. The molecule has 1 spiro atoms. The lowest BCUT2D eigenvalue weighted by Crippen LogP contribution is -2.62. The van der Waals surface area contributed by atoms with Crippen LogP contribution in [-0.4, -0.2) is 19.3 Å². The van der Waals surface area contributed by atoms with Gasteiger partial charge in [-0.2, -0.15) is 0 Å². The van der Waals surface area contributed by atoms with E-state index in [9.17, 15) is 4.39 Å². The molecular weight excluding hydrogens is 323 g/mol. The van der Waals surface area contributed by atoms with Gasteiger partial charge in [0.25, 0.3) is 0 Å². The van der Waals surface area contributed by atoms with Crippen molar-refractivity contribution in [3.63, 3.8) is 0 Å². The first-order chi connectivity index (χ1) is 11.3. The van der Waals surface area contributed by atoms with Gasteiger partial charge in [-0.15, -0.1) is 0 Å². The predicted molar refractivity (Wildman–Crippen MR) is 103 cm³/mol. The Morgan fingerprint density at radius 1 is 1.42 bits per heavy atom. The monoisotopic (exact) mass is 348 g/mol. The summed E-state index contributed by atoms with van der Waals surface area (Å²) in [6, 6.07) is 4.99. The van der Waals surface area contributed by atoms with E-state index in [0.29, 0.717) is 5.41 Å². The van der Waals surface area contributed by atoms with Gasteiger partial charge in [-0.1, -0.05) is 31.2 Å². The molecule has 0 N–H and O–H groups in total. The standard InChI is InChI=1S/C13H15ClFN.C7H11N/c1-9-5-13(6-9)7-16(8-13)10-2-3-12(15)11(14)4-10;1-4-5-8-6-7(2)3/h2-4,9H,5-8H2,1H3;4-6H,2H2,1,3H3/b;5-4-,8-6?. The predicted octanol–water partition coefficient (Wildman–Crippen LogP) is 5.88. The first-order valence-corrected chi connectivity index (χ1v) is 8.73. The maximum absolute atomic E-state index is 13.0. The Kier molecular flexibility index (Phi) is 6.22. The molecular formula is C20H26ClFN2. The van der Waals surface area contributed by atoms with E-state index in [-0.39, 0.29) is 10.8 Å². The van der Waals surface area contributed by atoms with Gasteiger partial charge in [-0.25, -0.2) is 4.39 Å². The van der Waals surface area contributed by atoms with Crippen LogP contribution < -0.4 is 4.90 Å². The molecule has 0 aromatic heterocycles. The van der Waals surface area contributed by atoms with Crippen molar-refractivity contribution in [2.45, 2.75) is 33.6 Å². The van der Waals surface area contributed by atoms with Crippen LogP contribution in [0.15, 0.2) is 47.6 Å². The quantitative estimate of drug-likeness (QED) is 0.622. The van der Waals surface area contributed by atoms with E-state index >= 15 is 0 Å². The fourth-order valence-corrected chi connectivity index (χ4v) is 3.74. The first kappa shape index (κ1) is 18.7. The lowest BCUT2D eigenvalue weighted by Gasteiger charge is -2.59. The third kappa shape index (κ3) is 4.70. The van der Waals surface area contributed by atoms with Gasteiger partial charge in [0, 0.05) is 36.6 Å². The van der Waals surface area contributed by atoms with Gasteiger partial charge in [-0.3, -0.25) is 4.99 Å². The number of hydrogen-bond donors (Lipinski definition) is 0. The zero-order valence-electron chi connectivity index (χ0n) is 14.7. The zero-order valence-corrected chi connectivity index (χ0v) is 15.5. The number of allylic oxidation sites excluding steroid dienone is 2. The first-order valence-electron chi connectivity index (χ1n) is 8.35. The molecule has 130 valence electrons. The van der Waals surface area contributed by atoms with E-state index in [2.05, 4.69) is 23.4 Å². The Hall–Kier alpha value is -1.61. The molecule has 0 unspecified atom stereocenters. The highest BCUT2D eigenvalue weighted by molar-refractivity contribution is 6.31. The Balaban J connectivity index is 0.000000224. The van der Waals surface area contributed by atoms with Crippen LogP contribution in [0.4, 0.5) is 10.1 Å². The minimum Gasteiger partial charge on any atom is -0.370 e. The molecule has 0 amide bonds. The molecule has 2 aliphatic rings. The number of anilines is 1. The SMILES string of the molecule is C=C(C)C=N/C=C\C.CC1CC2(C1)CN(c1ccc(F)c(Cl)c1)C2. The summed E-state index contributed by atoms with van der Waals surface area (Å²) in [6.07, 6.45) is 8.02. The summed E-state index contributed by atoms with van der Waals surface area (Å²) >= 11 is 5.78. The van der Waals surface area contributed by atoms with Crippen molar-refractivity contribution in [2.75, 3.05) is 18.0 Å². The minimum atomic E-state index is -0.335. The van der Waals surface area contributed by atoms with Gasteiger partial charge in [0.1, 0.15) is 5.82 Å². The van der Waals surface area contributed by atoms with Gasteiger partial charge >= 0.3 is 0 Å². The molecule has 1 saturated carbocycles. The van der Waals surface area contributed by atoms with Crippen molar-refractivity contribution in [2.24, 2.45) is 16.3 Å². The van der Waals surface area contributed by atoms with Crippen LogP contribution in [0.5, 0.6) is 0 Å². The molecule has 0 atom stereocenters. The number of halogens is 2. The lowest BCUT2D eigenvalue weighted by atomic mass is 9.58. The Bertz CT molecular complexity index is 637. The number of aliphatic imine (C=N–C) groups is 1. The van der Waals surface area contributed by atoms with Crippen LogP contribution in [0.1, 0.15) is 33.6 Å². The zero-order chi connectivity index (χ0) is 17.7. The summed E-state index contributed by atoms with van der Waals surface area (Å²) in [5, 5.41) is 0.223. The van der Waals surface area contributed by atoms with E-state index in [0.717, 1.165) is 30.3 Å². The third-order valence-electron chi connectivity index (χ3n) is 4.41. The normalized spacial score (nSPS) is 19.1. The van der Waals surface area contributed by atoms with Crippen molar-refractivity contribution in [3.05, 3.63) is 53.5 Å². The van der Waals surface area contributed by atoms with Crippen molar-refractivity contribution >= 4 is 23.5 Å². The van der Waals surface area contributed by atoms with Crippen molar-refractivity contribution < 1.29 is 4.39 Å². The molecule has 1 saturated heterocycles. The van der Waals surface area contributed by atoms with E-state index in [1.54, 1.807) is 18.5 Å². The molecule has 0 radical (unpaired) electrons. The van der Waals surface area contributed by atoms with Crippen LogP contribution in [0.2, 0.25) is 5.02 Å². The fourth-order valence-electron chi connectivity index (χ4n) is 3.56. The largest absolute Gasteiger partial charge is 0.370 e. The average molecular weight is 349 g/mol. The second-order valence-corrected chi connectivity index (χ2v) is 7.48. The Morgan fingerprint density at radius 3 is 2.58 bits per heavy atom. The van der Waals surface area contributed by atoms with Crippen LogP contribution in [0.3, 0.4) is 0 Å². The van der Waals surface area contributed by atoms with Gasteiger partial charge in [0.05, 0.1) is 5.02 Å². The van der Waals surface area contributed by atoms with Gasteiger partial charge in [-0.05, 0) is 56.4 Å². The maximum Gasteiger partial charge on any atom is 0.141 e. The summed E-state index contributed by atoms with van der Waals surface area (Å²) in [4.78, 5) is 6.17. The average Bonchev–Trinajstić information content (AvgIpc) is 2.45. The van der Waals surface area contributed by atoms with E-state index < -0.39 is 0 Å². The Labute approximate surface area is 149 Å². The van der Waals surface area contributed by atoms with E-state index in [1.165, 1.54) is 18.9 Å². The van der Waals surface area contributed by atoms with Crippen LogP contribution in [0.25, 0.3) is 0 Å². The number of nitrogens with zero attached hydrogens (tertiary/aromatic N) is 2. The number of rotatable bonds is 3. The van der Waals surface area contributed by atoms with Gasteiger partial charge < -0.3 is 4.90 Å². The topological polar surface area (TPSA) is 15.6 Å². The summed E-state index contributed by atoms with van der Waals surface area (Å²) < 4.78 is 13.0. The molecule has 1 aromatic carbocycles. The maximum atomic E-state index is 13.0. The second-order valence-electron chi connectivity index (χ2n) is 7.07. The fraction of sp³-hybridized carbons (Fsp3) is 0.450. The molecule has 1 heterocycles. The molecule has 1 aliphatic carbocycles. The number of hydrogen-bond acceptors (Lipinski definition) is 2. The minimum absolute atomic E-state index is 0.223. The van der Waals surface area contributed by atoms with Crippen LogP contribution in [-0.2, 0) is 0 Å². The highest BCUT2D eigenvalue weighted by atomic mass is 35.5. The summed E-state index contributed by atoms with van der Waals surface area (Å²) in [5.74, 6) is 0.553. The van der Waals surface area contributed by atoms with Gasteiger partial charge in [0.15, 0.2) is 0 Å². The van der Waals surface area contributed by atoms with Crippen molar-refractivity contribution in [1.82, 2.24) is 0 Å².